The molecule has 10 heteroatoms. The van der Waals surface area contributed by atoms with Crippen LogP contribution in [0.3, 0.4) is 0 Å². The molecule has 1 N–H and O–H groups in total. The Bertz CT molecular complexity index is 723. The molecule has 5 nitrogen and oxygen atoms in total. The maximum absolute atomic E-state index is 13.0. The zero-order chi connectivity index (χ0) is 17.6. The van der Waals surface area contributed by atoms with E-state index in [0.717, 1.165) is 12.6 Å². The minimum atomic E-state index is -4.58. The van der Waals surface area contributed by atoms with Crippen LogP contribution in [0.5, 0.6) is 0 Å². The first kappa shape index (κ1) is 17.7. The molecule has 2 aliphatic heterocycles. The van der Waals surface area contributed by atoms with E-state index in [1.807, 2.05) is 0 Å². The molecule has 2 fully saturated rings. The van der Waals surface area contributed by atoms with Gasteiger partial charge < -0.3 is 4.74 Å². The van der Waals surface area contributed by atoms with Gasteiger partial charge in [0.2, 0.25) is 10.0 Å². The standard InChI is InChI=1S/C14H18BF3N2O3S/c15-12-2-1-10(9-11(12)14(16,17)18)24(21,22)20-6-3-13(4-7-20)19-5-8-23-13/h1-2,9,19H,3-8,15H2. The average molecular weight is 362 g/mol. The van der Waals surface area contributed by atoms with Crippen molar-refractivity contribution in [1.29, 1.82) is 0 Å². The summed E-state index contributed by atoms with van der Waals surface area (Å²) in [6.45, 7) is 1.73. The van der Waals surface area contributed by atoms with E-state index in [1.165, 1.54) is 24.3 Å². The first-order valence-electron chi connectivity index (χ1n) is 7.71. The summed E-state index contributed by atoms with van der Waals surface area (Å²) >= 11 is 0. The monoisotopic (exact) mass is 362 g/mol. The van der Waals surface area contributed by atoms with E-state index in [-0.39, 0.29) is 23.4 Å². The summed E-state index contributed by atoms with van der Waals surface area (Å²) in [5.41, 5.74) is -1.41. The lowest BCUT2D eigenvalue weighted by molar-refractivity contribution is -0.136. The molecular weight excluding hydrogens is 344 g/mol. The van der Waals surface area contributed by atoms with Gasteiger partial charge in [-0.05, 0) is 12.1 Å². The lowest BCUT2D eigenvalue weighted by atomic mass is 9.90. The summed E-state index contributed by atoms with van der Waals surface area (Å²) < 4.78 is 71.3. The van der Waals surface area contributed by atoms with Crippen molar-refractivity contribution in [1.82, 2.24) is 9.62 Å². The summed E-state index contributed by atoms with van der Waals surface area (Å²) in [5, 5.41) is 3.23. The maximum Gasteiger partial charge on any atom is 0.415 e. The Kier molecular flexibility index (Phi) is 4.44. The summed E-state index contributed by atoms with van der Waals surface area (Å²) in [5.74, 6) is 0. The lowest BCUT2D eigenvalue weighted by Gasteiger charge is -2.37. The van der Waals surface area contributed by atoms with Gasteiger partial charge in [-0.3, -0.25) is 5.32 Å². The fourth-order valence-electron chi connectivity index (χ4n) is 3.20. The second-order valence-corrected chi connectivity index (χ2v) is 8.09. The highest BCUT2D eigenvalue weighted by atomic mass is 32.2. The minimum absolute atomic E-state index is 0.00241. The summed E-state index contributed by atoms with van der Waals surface area (Å²) in [4.78, 5) is -0.323. The fraction of sp³-hybridized carbons (Fsp3) is 0.571. The molecule has 1 aromatic carbocycles. The molecule has 0 aromatic heterocycles. The molecule has 1 aromatic rings. The first-order chi connectivity index (χ1) is 11.1. The van der Waals surface area contributed by atoms with Crippen LogP contribution in [0.1, 0.15) is 18.4 Å². The van der Waals surface area contributed by atoms with Crippen LogP contribution in [0.15, 0.2) is 23.1 Å². The number of benzene rings is 1. The van der Waals surface area contributed by atoms with E-state index in [0.29, 0.717) is 19.4 Å². The number of nitrogens with one attached hydrogen (secondary N) is 1. The number of hydrogen-bond donors (Lipinski definition) is 1. The number of hydrogen-bond acceptors (Lipinski definition) is 4. The Hall–Kier alpha value is -1.10. The number of alkyl halides is 3. The average Bonchev–Trinajstić information content (AvgIpc) is 2.95. The van der Waals surface area contributed by atoms with Crippen LogP contribution >= 0.6 is 0 Å². The molecule has 2 saturated heterocycles. The topological polar surface area (TPSA) is 58.6 Å². The van der Waals surface area contributed by atoms with Crippen LogP contribution in [0.25, 0.3) is 0 Å². The molecule has 0 aliphatic carbocycles. The Balaban J connectivity index is 1.84. The van der Waals surface area contributed by atoms with Crippen molar-refractivity contribution in [2.45, 2.75) is 29.6 Å². The Morgan fingerprint density at radius 1 is 1.25 bits per heavy atom. The van der Waals surface area contributed by atoms with Gasteiger partial charge in [-0.1, -0.05) is 11.5 Å². The predicted molar refractivity (Wildman–Crippen MR) is 84.3 cm³/mol. The Morgan fingerprint density at radius 3 is 2.46 bits per heavy atom. The Morgan fingerprint density at radius 2 is 1.92 bits per heavy atom. The van der Waals surface area contributed by atoms with E-state index >= 15 is 0 Å². The number of sulfonamides is 1. The van der Waals surface area contributed by atoms with E-state index in [4.69, 9.17) is 4.74 Å². The normalized spacial score (nSPS) is 22.1. The quantitative estimate of drug-likeness (QED) is 0.757. The summed E-state index contributed by atoms with van der Waals surface area (Å²) in [7, 11) is -2.65. The molecule has 2 heterocycles. The van der Waals surface area contributed by atoms with E-state index < -0.39 is 27.5 Å². The van der Waals surface area contributed by atoms with Gasteiger partial charge in [-0.2, -0.15) is 17.5 Å². The van der Waals surface area contributed by atoms with Gasteiger partial charge in [0.15, 0.2) is 0 Å². The van der Waals surface area contributed by atoms with E-state index in [2.05, 4.69) is 5.32 Å². The molecule has 132 valence electrons. The highest BCUT2D eigenvalue weighted by molar-refractivity contribution is 7.89. The highest BCUT2D eigenvalue weighted by Crippen LogP contribution is 2.32. The smallest absolute Gasteiger partial charge is 0.359 e. The minimum Gasteiger partial charge on any atom is -0.359 e. The lowest BCUT2D eigenvalue weighted by Crippen LogP contribution is -2.52. The molecule has 2 aliphatic rings. The van der Waals surface area contributed by atoms with Crippen molar-refractivity contribution in [3.8, 4) is 0 Å². The number of piperidine rings is 1. The van der Waals surface area contributed by atoms with Crippen molar-refractivity contribution in [3.05, 3.63) is 23.8 Å². The largest absolute Gasteiger partial charge is 0.415 e. The van der Waals surface area contributed by atoms with Gasteiger partial charge >= 0.3 is 6.18 Å². The number of ether oxygens (including phenoxy) is 1. The number of nitrogens with zero attached hydrogens (tertiary/aromatic N) is 1. The molecule has 0 saturated carbocycles. The maximum atomic E-state index is 13.0. The van der Waals surface area contributed by atoms with Gasteiger partial charge in [0.1, 0.15) is 13.6 Å². The van der Waals surface area contributed by atoms with Gasteiger partial charge in [0.25, 0.3) is 0 Å². The van der Waals surface area contributed by atoms with Crippen LogP contribution < -0.4 is 10.8 Å². The van der Waals surface area contributed by atoms with Crippen molar-refractivity contribution in [3.63, 3.8) is 0 Å². The van der Waals surface area contributed by atoms with E-state index in [1.54, 1.807) is 0 Å². The van der Waals surface area contributed by atoms with Gasteiger partial charge in [0, 0.05) is 32.5 Å². The summed E-state index contributed by atoms with van der Waals surface area (Å²) in [6.07, 6.45) is -3.63. The van der Waals surface area contributed by atoms with Crippen LogP contribution in [0.2, 0.25) is 0 Å². The number of rotatable bonds is 2. The predicted octanol–water partition coefficient (Wildman–Crippen LogP) is 0.0644. The molecule has 0 unspecified atom stereocenters. The van der Waals surface area contributed by atoms with Crippen LogP contribution in [-0.4, -0.2) is 52.5 Å². The first-order valence-corrected chi connectivity index (χ1v) is 9.15. The highest BCUT2D eigenvalue weighted by Gasteiger charge is 2.42. The molecule has 1 spiro atoms. The van der Waals surface area contributed by atoms with Crippen molar-refractivity contribution in [2.75, 3.05) is 26.2 Å². The third kappa shape index (κ3) is 3.20. The van der Waals surface area contributed by atoms with Crippen molar-refractivity contribution in [2.24, 2.45) is 0 Å². The third-order valence-electron chi connectivity index (χ3n) is 4.61. The van der Waals surface area contributed by atoms with Crippen molar-refractivity contribution < 1.29 is 26.3 Å². The summed E-state index contributed by atoms with van der Waals surface area (Å²) in [6, 6.07) is 3.15. The molecule has 0 amide bonds. The van der Waals surface area contributed by atoms with Crippen LogP contribution in [-0.2, 0) is 20.9 Å². The van der Waals surface area contributed by atoms with Gasteiger partial charge in [-0.25, -0.2) is 8.42 Å². The SMILES string of the molecule is Bc1ccc(S(=O)(=O)N2CCC3(CC2)NCCO3)cc1C(F)(F)F. The molecule has 24 heavy (non-hydrogen) atoms. The van der Waals surface area contributed by atoms with Gasteiger partial charge in [-0.15, -0.1) is 0 Å². The number of halogens is 3. The second kappa shape index (κ2) is 6.01. The van der Waals surface area contributed by atoms with Crippen LogP contribution in [0, 0.1) is 0 Å². The van der Waals surface area contributed by atoms with E-state index in [9.17, 15) is 21.6 Å². The molecular formula is C14H18BF3N2O3S. The molecule has 0 bridgehead atoms. The van der Waals surface area contributed by atoms with Gasteiger partial charge in [0.05, 0.1) is 17.1 Å². The van der Waals surface area contributed by atoms with Crippen molar-refractivity contribution >= 4 is 23.3 Å². The third-order valence-corrected chi connectivity index (χ3v) is 6.50. The zero-order valence-corrected chi connectivity index (χ0v) is 14.0. The molecule has 0 atom stereocenters. The molecule has 0 radical (unpaired) electrons. The Labute approximate surface area is 139 Å². The fourth-order valence-corrected chi connectivity index (χ4v) is 4.67. The van der Waals surface area contributed by atoms with Crippen LogP contribution in [0.4, 0.5) is 13.2 Å². The molecule has 3 rings (SSSR count). The second-order valence-electron chi connectivity index (χ2n) is 6.15. The zero-order valence-electron chi connectivity index (χ0n) is 13.2.